The van der Waals surface area contributed by atoms with Gasteiger partial charge in [-0.2, -0.15) is 0 Å². The van der Waals surface area contributed by atoms with Gasteiger partial charge in [0, 0.05) is 12.8 Å². The zero-order valence-electron chi connectivity index (χ0n) is 17.5. The predicted octanol–water partition coefficient (Wildman–Crippen LogP) is 4.08. The third-order valence-corrected chi connectivity index (χ3v) is 11.0. The summed E-state index contributed by atoms with van der Waals surface area (Å²) < 4.78 is 17.9. The molecule has 5 nitrogen and oxygen atoms in total. The minimum Gasteiger partial charge on any atom is -0.459 e. The van der Waals surface area contributed by atoms with E-state index in [9.17, 15) is 9.90 Å². The van der Waals surface area contributed by atoms with Gasteiger partial charge in [-0.3, -0.25) is 0 Å². The minimum absolute atomic E-state index is 0.0868. The van der Waals surface area contributed by atoms with E-state index in [-0.39, 0.29) is 29.8 Å². The average molecular weight is 405 g/mol. The molecule has 28 heavy (non-hydrogen) atoms. The number of hydrogen-bond acceptors (Lipinski definition) is 5. The maximum atomic E-state index is 12.2. The summed E-state index contributed by atoms with van der Waals surface area (Å²) in [6, 6.07) is 8.89. The summed E-state index contributed by atoms with van der Waals surface area (Å²) in [5, 5.41) is 10.6. The predicted molar refractivity (Wildman–Crippen MR) is 111 cm³/mol. The maximum Gasteiger partial charge on any atom is 0.338 e. The van der Waals surface area contributed by atoms with Crippen molar-refractivity contribution in [3.05, 3.63) is 48.0 Å². The van der Waals surface area contributed by atoms with Crippen molar-refractivity contribution in [2.45, 2.75) is 75.7 Å². The molecule has 1 saturated carbocycles. The molecule has 154 valence electrons. The summed E-state index contributed by atoms with van der Waals surface area (Å²) in [6.45, 7) is 15.2. The topological polar surface area (TPSA) is 68.3 Å². The zero-order valence-corrected chi connectivity index (χ0v) is 18.5. The van der Waals surface area contributed by atoms with E-state index < -0.39 is 20.0 Å². The molecule has 0 radical (unpaired) electrons. The van der Waals surface area contributed by atoms with Crippen LogP contribution in [-0.2, 0) is 13.9 Å². The van der Waals surface area contributed by atoms with E-state index in [1.54, 1.807) is 24.3 Å². The Morgan fingerprint density at radius 2 is 1.96 bits per heavy atom. The van der Waals surface area contributed by atoms with E-state index in [1.807, 2.05) is 6.07 Å². The SMILES string of the molecule is C=C1C(O)CC(O[Si](C)(C)C(C)(C)C)CC12OC2COC(=O)c1ccccc1. The first-order valence-corrected chi connectivity index (χ1v) is 12.8. The lowest BCUT2D eigenvalue weighted by Crippen LogP contribution is -2.49. The van der Waals surface area contributed by atoms with Gasteiger partial charge in [-0.15, -0.1) is 0 Å². The van der Waals surface area contributed by atoms with Crippen LogP contribution in [0.4, 0.5) is 0 Å². The van der Waals surface area contributed by atoms with Crippen molar-refractivity contribution in [1.82, 2.24) is 0 Å². The molecule has 1 spiro atoms. The molecule has 0 aromatic heterocycles. The Bertz CT molecular complexity index is 739. The Labute approximate surface area is 168 Å². The van der Waals surface area contributed by atoms with Crippen molar-refractivity contribution in [2.24, 2.45) is 0 Å². The number of hydrogen-bond donors (Lipinski definition) is 1. The molecule has 1 aromatic carbocycles. The monoisotopic (exact) mass is 404 g/mol. The van der Waals surface area contributed by atoms with Crippen LogP contribution in [0.15, 0.2) is 42.5 Å². The molecular weight excluding hydrogens is 372 g/mol. The first-order chi connectivity index (χ1) is 13.0. The lowest BCUT2D eigenvalue weighted by molar-refractivity contribution is 0.0474. The number of carbonyl (C=O) groups is 1. The zero-order chi connectivity index (χ0) is 20.7. The van der Waals surface area contributed by atoms with Gasteiger partial charge in [0.2, 0.25) is 0 Å². The molecule has 4 unspecified atom stereocenters. The van der Waals surface area contributed by atoms with Gasteiger partial charge in [0.25, 0.3) is 0 Å². The van der Waals surface area contributed by atoms with Crippen molar-refractivity contribution in [3.63, 3.8) is 0 Å². The van der Waals surface area contributed by atoms with Gasteiger partial charge in [0.1, 0.15) is 18.3 Å². The Hall–Kier alpha value is -1.47. The summed E-state index contributed by atoms with van der Waals surface area (Å²) in [5.41, 5.74) is 0.531. The highest BCUT2D eigenvalue weighted by atomic mass is 28.4. The van der Waals surface area contributed by atoms with Crippen molar-refractivity contribution in [2.75, 3.05) is 6.61 Å². The highest BCUT2D eigenvalue weighted by Gasteiger charge is 2.63. The number of esters is 1. The molecule has 1 aliphatic carbocycles. The first kappa shape index (κ1) is 21.2. The second-order valence-electron chi connectivity index (χ2n) is 9.44. The number of benzene rings is 1. The summed E-state index contributed by atoms with van der Waals surface area (Å²) >= 11 is 0. The van der Waals surface area contributed by atoms with Crippen LogP contribution < -0.4 is 0 Å². The van der Waals surface area contributed by atoms with Crippen molar-refractivity contribution < 1.29 is 23.8 Å². The van der Waals surface area contributed by atoms with Crippen molar-refractivity contribution in [1.29, 1.82) is 0 Å². The van der Waals surface area contributed by atoms with Crippen molar-refractivity contribution in [3.8, 4) is 0 Å². The molecule has 0 bridgehead atoms. The van der Waals surface area contributed by atoms with Crippen LogP contribution in [-0.4, -0.2) is 49.9 Å². The highest BCUT2D eigenvalue weighted by molar-refractivity contribution is 6.74. The molecule has 1 aromatic rings. The Balaban J connectivity index is 1.63. The van der Waals surface area contributed by atoms with E-state index >= 15 is 0 Å². The summed E-state index contributed by atoms with van der Waals surface area (Å²) in [4.78, 5) is 12.2. The van der Waals surface area contributed by atoms with E-state index in [0.29, 0.717) is 24.0 Å². The van der Waals surface area contributed by atoms with Gasteiger partial charge >= 0.3 is 5.97 Å². The van der Waals surface area contributed by atoms with Crippen LogP contribution in [0.3, 0.4) is 0 Å². The third-order valence-electron chi connectivity index (χ3n) is 6.42. The molecule has 1 saturated heterocycles. The van der Waals surface area contributed by atoms with E-state index in [1.165, 1.54) is 0 Å². The standard InChI is InChI=1S/C22H32O5Si/c1-15-18(23)12-17(27-28(5,6)21(2,3)4)13-22(15)19(26-22)14-25-20(24)16-10-8-7-9-11-16/h7-11,17-19,23H,1,12-14H2,2-6H3. The number of aliphatic hydroxyl groups excluding tert-OH is 1. The van der Waals surface area contributed by atoms with Gasteiger partial charge < -0.3 is 19.0 Å². The summed E-state index contributed by atoms with van der Waals surface area (Å²) in [7, 11) is -1.96. The molecule has 4 atom stereocenters. The summed E-state index contributed by atoms with van der Waals surface area (Å²) in [6.07, 6.45) is 0.137. The highest BCUT2D eigenvalue weighted by Crippen LogP contribution is 2.52. The largest absolute Gasteiger partial charge is 0.459 e. The van der Waals surface area contributed by atoms with Crippen molar-refractivity contribution >= 4 is 14.3 Å². The number of rotatable bonds is 5. The molecule has 0 amide bonds. The Morgan fingerprint density at radius 3 is 2.57 bits per heavy atom. The quantitative estimate of drug-likeness (QED) is 0.347. The third kappa shape index (κ3) is 4.10. The van der Waals surface area contributed by atoms with Gasteiger partial charge in [0.05, 0.1) is 17.8 Å². The van der Waals surface area contributed by atoms with Crippen LogP contribution in [0.25, 0.3) is 0 Å². The maximum absolute atomic E-state index is 12.2. The van der Waals surface area contributed by atoms with Crippen LogP contribution in [0.2, 0.25) is 18.1 Å². The van der Waals surface area contributed by atoms with Gasteiger partial charge in [-0.05, 0) is 35.8 Å². The first-order valence-electron chi connectivity index (χ1n) is 9.91. The molecule has 3 rings (SSSR count). The molecule has 6 heteroatoms. The molecule has 1 N–H and O–H groups in total. The molecule has 2 aliphatic rings. The number of ether oxygens (including phenoxy) is 2. The van der Waals surface area contributed by atoms with Gasteiger partial charge in [0.15, 0.2) is 8.32 Å². The van der Waals surface area contributed by atoms with E-state index in [0.717, 1.165) is 0 Å². The van der Waals surface area contributed by atoms with Crippen LogP contribution in [0, 0.1) is 0 Å². The average Bonchev–Trinajstić information content (AvgIpc) is 3.30. The summed E-state index contributed by atoms with van der Waals surface area (Å²) in [5.74, 6) is -0.373. The smallest absolute Gasteiger partial charge is 0.338 e. The van der Waals surface area contributed by atoms with E-state index in [4.69, 9.17) is 13.9 Å². The number of aliphatic hydroxyl groups is 1. The fourth-order valence-corrected chi connectivity index (χ4v) is 4.94. The molecule has 1 heterocycles. The number of carbonyl (C=O) groups excluding carboxylic acids is 1. The second kappa shape index (κ2) is 7.41. The Kier molecular flexibility index (Phi) is 5.62. The molecule has 1 aliphatic heterocycles. The number of epoxide rings is 1. The minimum atomic E-state index is -1.96. The van der Waals surface area contributed by atoms with Gasteiger partial charge in [-0.1, -0.05) is 45.5 Å². The van der Waals surface area contributed by atoms with Crippen LogP contribution in [0.1, 0.15) is 44.0 Å². The van der Waals surface area contributed by atoms with Crippen LogP contribution >= 0.6 is 0 Å². The second-order valence-corrected chi connectivity index (χ2v) is 14.2. The lowest BCUT2D eigenvalue weighted by atomic mass is 9.79. The lowest BCUT2D eigenvalue weighted by Gasteiger charge is -2.42. The van der Waals surface area contributed by atoms with E-state index in [2.05, 4.69) is 40.4 Å². The molecule has 2 fully saturated rings. The molecular formula is C22H32O5Si. The fourth-order valence-electron chi connectivity index (χ4n) is 3.57. The van der Waals surface area contributed by atoms with Crippen LogP contribution in [0.5, 0.6) is 0 Å². The Morgan fingerprint density at radius 1 is 1.32 bits per heavy atom. The van der Waals surface area contributed by atoms with Gasteiger partial charge in [-0.25, -0.2) is 4.79 Å². The normalized spacial score (nSPS) is 30.4. The fraction of sp³-hybridized carbons (Fsp3) is 0.591.